The van der Waals surface area contributed by atoms with Gasteiger partial charge in [0.25, 0.3) is 0 Å². The highest BCUT2D eigenvalue weighted by atomic mass is 32.1. The van der Waals surface area contributed by atoms with Crippen LogP contribution >= 0.6 is 11.3 Å². The average molecular weight is 381 g/mol. The summed E-state index contributed by atoms with van der Waals surface area (Å²) in [5.74, 6) is 1.35. The molecule has 1 aromatic carbocycles. The number of halogens is 1. The lowest BCUT2D eigenvalue weighted by atomic mass is 10.0. The second-order valence-corrected chi connectivity index (χ2v) is 7.62. The standard InChI is InChI=1S/C20H20FN5S/c1-13-17(15-4-6-16(21)7-5-15)18-19(24-14(2)25-20(18)27-13)23-8-3-10-26-11-9-22-12-26/h4-7,9,11-12H,3,8,10H2,1-2H3,(H,23,24,25). The van der Waals surface area contributed by atoms with E-state index in [1.54, 1.807) is 17.5 Å². The van der Waals surface area contributed by atoms with Crippen molar-refractivity contribution in [3.05, 3.63) is 59.5 Å². The summed E-state index contributed by atoms with van der Waals surface area (Å²) in [4.78, 5) is 15.4. The lowest BCUT2D eigenvalue weighted by molar-refractivity contribution is 0.628. The molecule has 0 fully saturated rings. The Labute approximate surface area is 160 Å². The Morgan fingerprint density at radius 1 is 1.15 bits per heavy atom. The normalized spacial score (nSPS) is 11.2. The Balaban J connectivity index is 1.65. The van der Waals surface area contributed by atoms with E-state index in [0.717, 1.165) is 57.4 Å². The molecule has 4 aromatic rings. The van der Waals surface area contributed by atoms with Crippen LogP contribution in [0.1, 0.15) is 17.1 Å². The molecule has 3 aromatic heterocycles. The Kier molecular flexibility index (Phi) is 4.85. The summed E-state index contributed by atoms with van der Waals surface area (Å²) in [6.45, 7) is 5.67. The molecule has 5 nitrogen and oxygen atoms in total. The van der Waals surface area contributed by atoms with Crippen LogP contribution in [0.2, 0.25) is 0 Å². The third-order valence-electron chi connectivity index (χ3n) is 4.42. The van der Waals surface area contributed by atoms with Gasteiger partial charge < -0.3 is 9.88 Å². The minimum atomic E-state index is -0.235. The van der Waals surface area contributed by atoms with Crippen molar-refractivity contribution < 1.29 is 4.39 Å². The first-order valence-electron chi connectivity index (χ1n) is 8.85. The van der Waals surface area contributed by atoms with Crippen molar-refractivity contribution >= 4 is 27.4 Å². The SMILES string of the molecule is Cc1nc(NCCCn2ccnc2)c2c(-c3ccc(F)cc3)c(C)sc2n1. The van der Waals surface area contributed by atoms with Gasteiger partial charge in [0.2, 0.25) is 0 Å². The fourth-order valence-corrected chi connectivity index (χ4v) is 4.29. The first kappa shape index (κ1) is 17.6. The van der Waals surface area contributed by atoms with Crippen molar-refractivity contribution in [3.8, 4) is 11.1 Å². The van der Waals surface area contributed by atoms with E-state index in [9.17, 15) is 4.39 Å². The van der Waals surface area contributed by atoms with Gasteiger partial charge in [-0.2, -0.15) is 0 Å². The highest BCUT2D eigenvalue weighted by molar-refractivity contribution is 7.19. The summed E-state index contributed by atoms with van der Waals surface area (Å²) < 4.78 is 15.4. The van der Waals surface area contributed by atoms with E-state index in [0.29, 0.717) is 0 Å². The van der Waals surface area contributed by atoms with Crippen LogP contribution in [-0.4, -0.2) is 26.1 Å². The molecular formula is C20H20FN5S. The van der Waals surface area contributed by atoms with E-state index in [1.807, 2.05) is 31.6 Å². The van der Waals surface area contributed by atoms with E-state index >= 15 is 0 Å². The molecule has 0 saturated carbocycles. The molecule has 4 rings (SSSR count). The van der Waals surface area contributed by atoms with E-state index in [-0.39, 0.29) is 5.82 Å². The van der Waals surface area contributed by atoms with Crippen LogP contribution in [0.3, 0.4) is 0 Å². The Morgan fingerprint density at radius 2 is 1.96 bits per heavy atom. The van der Waals surface area contributed by atoms with Crippen LogP contribution in [0.15, 0.2) is 43.0 Å². The number of hydrogen-bond donors (Lipinski definition) is 1. The minimum absolute atomic E-state index is 0.235. The van der Waals surface area contributed by atoms with E-state index < -0.39 is 0 Å². The van der Waals surface area contributed by atoms with Gasteiger partial charge in [0.1, 0.15) is 22.3 Å². The zero-order valence-electron chi connectivity index (χ0n) is 15.2. The molecular weight excluding hydrogens is 361 g/mol. The average Bonchev–Trinajstić information content (AvgIpc) is 3.26. The molecule has 0 radical (unpaired) electrons. The fraction of sp³-hybridized carbons (Fsp3) is 0.250. The molecule has 0 aliphatic rings. The van der Waals surface area contributed by atoms with Gasteiger partial charge in [-0.1, -0.05) is 12.1 Å². The molecule has 0 atom stereocenters. The number of rotatable bonds is 6. The molecule has 7 heteroatoms. The summed E-state index contributed by atoms with van der Waals surface area (Å²) in [7, 11) is 0. The van der Waals surface area contributed by atoms with Crippen LogP contribution in [-0.2, 0) is 6.54 Å². The second kappa shape index (κ2) is 7.44. The maximum Gasteiger partial charge on any atom is 0.139 e. The van der Waals surface area contributed by atoms with Crippen molar-refractivity contribution in [1.82, 2.24) is 19.5 Å². The number of aromatic nitrogens is 4. The molecule has 0 amide bonds. The lowest BCUT2D eigenvalue weighted by Crippen LogP contribution is -2.08. The van der Waals surface area contributed by atoms with Gasteiger partial charge in [-0.05, 0) is 38.0 Å². The number of benzene rings is 1. The van der Waals surface area contributed by atoms with E-state index in [4.69, 9.17) is 0 Å². The van der Waals surface area contributed by atoms with Crippen LogP contribution in [0.4, 0.5) is 10.2 Å². The third kappa shape index (κ3) is 3.68. The molecule has 0 aliphatic heterocycles. The van der Waals surface area contributed by atoms with Crippen molar-refractivity contribution in [1.29, 1.82) is 0 Å². The number of aryl methyl sites for hydroxylation is 3. The van der Waals surface area contributed by atoms with E-state index in [2.05, 4.69) is 31.8 Å². The summed E-state index contributed by atoms with van der Waals surface area (Å²) >= 11 is 1.65. The predicted octanol–water partition coefficient (Wildman–Crippen LogP) is 4.81. The number of nitrogens with zero attached hydrogens (tertiary/aromatic N) is 4. The zero-order chi connectivity index (χ0) is 18.8. The highest BCUT2D eigenvalue weighted by Crippen LogP contribution is 2.40. The molecule has 138 valence electrons. The van der Waals surface area contributed by atoms with Gasteiger partial charge in [-0.3, -0.25) is 0 Å². The molecule has 0 bridgehead atoms. The third-order valence-corrected chi connectivity index (χ3v) is 5.42. The molecule has 0 unspecified atom stereocenters. The van der Waals surface area contributed by atoms with E-state index in [1.165, 1.54) is 12.1 Å². The van der Waals surface area contributed by atoms with Gasteiger partial charge in [0.15, 0.2) is 0 Å². The zero-order valence-corrected chi connectivity index (χ0v) is 16.1. The van der Waals surface area contributed by atoms with Gasteiger partial charge >= 0.3 is 0 Å². The first-order chi connectivity index (χ1) is 13.1. The smallest absolute Gasteiger partial charge is 0.139 e. The maximum atomic E-state index is 13.4. The second-order valence-electron chi connectivity index (χ2n) is 6.42. The quantitative estimate of drug-likeness (QED) is 0.487. The molecule has 0 spiro atoms. The number of fused-ring (bicyclic) bond motifs is 1. The van der Waals surface area contributed by atoms with Crippen molar-refractivity contribution in [3.63, 3.8) is 0 Å². The molecule has 0 aliphatic carbocycles. The Morgan fingerprint density at radius 3 is 2.70 bits per heavy atom. The maximum absolute atomic E-state index is 13.4. The predicted molar refractivity (Wildman–Crippen MR) is 108 cm³/mol. The van der Waals surface area contributed by atoms with Crippen molar-refractivity contribution in [2.45, 2.75) is 26.8 Å². The fourth-order valence-electron chi connectivity index (χ4n) is 3.20. The minimum Gasteiger partial charge on any atom is -0.369 e. The summed E-state index contributed by atoms with van der Waals surface area (Å²) in [6, 6.07) is 6.61. The number of hydrogen-bond acceptors (Lipinski definition) is 5. The summed E-state index contributed by atoms with van der Waals surface area (Å²) in [5, 5.41) is 4.48. The van der Waals surface area contributed by atoms with Gasteiger partial charge in [0, 0.05) is 35.9 Å². The summed E-state index contributed by atoms with van der Waals surface area (Å²) in [5.41, 5.74) is 2.06. The molecule has 1 N–H and O–H groups in total. The lowest BCUT2D eigenvalue weighted by Gasteiger charge is -2.10. The van der Waals surface area contributed by atoms with Crippen LogP contribution in [0.25, 0.3) is 21.3 Å². The van der Waals surface area contributed by atoms with Gasteiger partial charge in [0.05, 0.1) is 11.7 Å². The Hall–Kier alpha value is -2.80. The van der Waals surface area contributed by atoms with Crippen LogP contribution < -0.4 is 5.32 Å². The largest absolute Gasteiger partial charge is 0.369 e. The molecule has 27 heavy (non-hydrogen) atoms. The highest BCUT2D eigenvalue weighted by Gasteiger charge is 2.17. The first-order valence-corrected chi connectivity index (χ1v) is 9.67. The van der Waals surface area contributed by atoms with Crippen molar-refractivity contribution in [2.24, 2.45) is 0 Å². The van der Waals surface area contributed by atoms with Gasteiger partial charge in [-0.25, -0.2) is 19.3 Å². The van der Waals surface area contributed by atoms with Crippen molar-refractivity contribution in [2.75, 3.05) is 11.9 Å². The molecule has 0 saturated heterocycles. The number of anilines is 1. The number of nitrogens with one attached hydrogen (secondary N) is 1. The topological polar surface area (TPSA) is 55.6 Å². The number of imidazole rings is 1. The Bertz CT molecular complexity index is 1050. The molecule has 3 heterocycles. The van der Waals surface area contributed by atoms with Gasteiger partial charge in [-0.15, -0.1) is 11.3 Å². The summed E-state index contributed by atoms with van der Waals surface area (Å²) in [6.07, 6.45) is 6.52. The number of thiophene rings is 1. The van der Waals surface area contributed by atoms with Crippen LogP contribution in [0.5, 0.6) is 0 Å². The monoisotopic (exact) mass is 381 g/mol. The van der Waals surface area contributed by atoms with Crippen LogP contribution in [0, 0.1) is 19.7 Å².